The summed E-state index contributed by atoms with van der Waals surface area (Å²) in [7, 11) is -5.60. The molecule has 0 unspecified atom stereocenters. The summed E-state index contributed by atoms with van der Waals surface area (Å²) in [6.07, 6.45) is 3.66. The van der Waals surface area contributed by atoms with Crippen LogP contribution < -0.4 is 20.7 Å². The van der Waals surface area contributed by atoms with E-state index in [1.807, 2.05) is 36.7 Å². The fourth-order valence-corrected chi connectivity index (χ4v) is 17.4. The van der Waals surface area contributed by atoms with Crippen LogP contribution in [0.5, 0.6) is 0 Å². The van der Waals surface area contributed by atoms with E-state index in [1.165, 1.54) is 20.7 Å². The molecule has 0 saturated heterocycles. The molecule has 4 heterocycles. The second kappa shape index (κ2) is 14.9. The first-order valence-corrected chi connectivity index (χ1v) is 23.1. The highest BCUT2D eigenvalue weighted by atomic mass is 28.4. The van der Waals surface area contributed by atoms with Crippen molar-refractivity contribution in [3.05, 3.63) is 169 Å². The number of furan rings is 2. The molecule has 0 aliphatic rings. The summed E-state index contributed by atoms with van der Waals surface area (Å²) in [4.78, 5) is 9.62. The third-order valence-corrected chi connectivity index (χ3v) is 20.9. The number of nitrogens with zero attached hydrogens (tertiary/aromatic N) is 2. The number of hydrogen-bond donors (Lipinski definition) is 0. The molecule has 0 spiro atoms. The molecule has 0 N–H and O–H groups in total. The maximum absolute atomic E-state index is 7.26. The highest BCUT2D eigenvalue weighted by Crippen LogP contribution is 2.40. The molecule has 8 aromatic rings. The van der Waals surface area contributed by atoms with Crippen molar-refractivity contribution in [3.63, 3.8) is 0 Å². The smallest absolute Gasteiger partial charge is 0.261 e. The maximum Gasteiger partial charge on any atom is 0.261 e. The number of rotatable bonds is 11. The third-order valence-electron chi connectivity index (χ3n) is 10.9. The molecule has 282 valence electrons. The Kier molecular flexibility index (Phi) is 10.0. The van der Waals surface area contributed by atoms with E-state index in [-0.39, 0.29) is 10.1 Å². The van der Waals surface area contributed by atoms with Gasteiger partial charge in [-0.1, -0.05) is 163 Å². The van der Waals surface area contributed by atoms with Crippen LogP contribution in [0, 0.1) is 0 Å². The summed E-state index contributed by atoms with van der Waals surface area (Å²) >= 11 is 0. The highest BCUT2D eigenvalue weighted by Gasteiger charge is 2.51. The molecule has 0 aliphatic carbocycles. The van der Waals surface area contributed by atoms with E-state index in [2.05, 4.69) is 163 Å². The van der Waals surface area contributed by atoms with Gasteiger partial charge in [0.1, 0.15) is 11.4 Å². The van der Waals surface area contributed by atoms with Crippen LogP contribution in [0.3, 0.4) is 0 Å². The van der Waals surface area contributed by atoms with Crippen LogP contribution in [0.2, 0.25) is 10.1 Å². The average molecular weight is 773 g/mol. The normalized spacial score (nSPS) is 12.8. The Morgan fingerprint density at radius 1 is 0.446 bits per heavy atom. The molecular formula is C48H48N2O4Si2. The van der Waals surface area contributed by atoms with Gasteiger partial charge in [-0.3, -0.25) is 9.97 Å². The Morgan fingerprint density at radius 3 is 1.04 bits per heavy atom. The summed E-state index contributed by atoms with van der Waals surface area (Å²) in [5.74, 6) is 1.24. The van der Waals surface area contributed by atoms with E-state index in [1.54, 1.807) is 0 Å². The predicted molar refractivity (Wildman–Crippen MR) is 232 cm³/mol. The van der Waals surface area contributed by atoms with Gasteiger partial charge in [-0.15, -0.1) is 0 Å². The van der Waals surface area contributed by atoms with Crippen molar-refractivity contribution in [2.45, 2.75) is 64.8 Å². The van der Waals surface area contributed by atoms with Crippen molar-refractivity contribution in [3.8, 4) is 11.5 Å². The molecule has 0 saturated carbocycles. The van der Waals surface area contributed by atoms with E-state index >= 15 is 0 Å². The lowest BCUT2D eigenvalue weighted by molar-refractivity contribution is 0.281. The summed E-state index contributed by atoms with van der Waals surface area (Å²) in [5.41, 5.74) is 2.88. The van der Waals surface area contributed by atoms with Crippen LogP contribution in [-0.4, -0.2) is 26.6 Å². The van der Waals surface area contributed by atoms with Crippen molar-refractivity contribution in [2.24, 2.45) is 0 Å². The molecular weight excluding hydrogens is 725 g/mol. The van der Waals surface area contributed by atoms with Gasteiger partial charge >= 0.3 is 0 Å². The average Bonchev–Trinajstić information content (AvgIpc) is 3.85. The fraction of sp³-hybridized carbons (Fsp3) is 0.208. The topological polar surface area (TPSA) is 70.5 Å². The molecule has 8 heteroatoms. The SMILES string of the molecule is CC(C)(C)[Si](OCc1nccc2cc(-c3cc4ccnc(CO[Si](c5ccccc5)(c5ccccc5)C(C)(C)C)c4o3)oc12)(c1ccccc1)c1ccccc1. The number of benzene rings is 4. The quantitative estimate of drug-likeness (QED) is 0.122. The monoisotopic (exact) mass is 772 g/mol. The van der Waals surface area contributed by atoms with Gasteiger partial charge in [-0.25, -0.2) is 0 Å². The van der Waals surface area contributed by atoms with E-state index in [0.717, 1.165) is 22.2 Å². The minimum Gasteiger partial charge on any atom is -0.451 e. The summed E-state index contributed by atoms with van der Waals surface area (Å²) in [5, 5.41) is 6.41. The first-order valence-electron chi connectivity index (χ1n) is 19.3. The first-order chi connectivity index (χ1) is 27.0. The van der Waals surface area contributed by atoms with Gasteiger partial charge in [0.05, 0.1) is 13.2 Å². The first kappa shape index (κ1) is 37.5. The number of pyridine rings is 2. The highest BCUT2D eigenvalue weighted by molar-refractivity contribution is 7.00. The van der Waals surface area contributed by atoms with Crippen molar-refractivity contribution < 1.29 is 17.7 Å². The van der Waals surface area contributed by atoms with Crippen molar-refractivity contribution in [1.29, 1.82) is 0 Å². The zero-order valence-corrected chi connectivity index (χ0v) is 35.0. The van der Waals surface area contributed by atoms with Gasteiger partial charge in [0.25, 0.3) is 16.6 Å². The molecule has 0 radical (unpaired) electrons. The summed E-state index contributed by atoms with van der Waals surface area (Å²) in [6.45, 7) is 14.3. The Labute approximate surface area is 331 Å². The van der Waals surface area contributed by atoms with Crippen molar-refractivity contribution in [2.75, 3.05) is 0 Å². The van der Waals surface area contributed by atoms with Crippen LogP contribution in [0.15, 0.2) is 167 Å². The lowest BCUT2D eigenvalue weighted by atomic mass is 10.2. The molecule has 6 nitrogen and oxygen atoms in total. The number of aromatic nitrogens is 2. The Balaban J connectivity index is 1.13. The van der Waals surface area contributed by atoms with Gasteiger partial charge in [-0.05, 0) is 55.1 Å². The van der Waals surface area contributed by atoms with Gasteiger partial charge in [0.15, 0.2) is 22.7 Å². The maximum atomic E-state index is 7.26. The van der Waals surface area contributed by atoms with Gasteiger partial charge < -0.3 is 17.7 Å². The predicted octanol–water partition coefficient (Wildman–Crippen LogP) is 9.79. The van der Waals surface area contributed by atoms with E-state index in [4.69, 9.17) is 27.7 Å². The number of hydrogen-bond acceptors (Lipinski definition) is 6. The molecule has 4 aromatic carbocycles. The minimum atomic E-state index is -2.80. The van der Waals surface area contributed by atoms with Gasteiger partial charge in [-0.2, -0.15) is 0 Å². The van der Waals surface area contributed by atoms with Crippen LogP contribution in [0.25, 0.3) is 33.5 Å². The third kappa shape index (κ3) is 6.66. The summed E-state index contributed by atoms with van der Waals surface area (Å²) < 4.78 is 27.8. The lowest BCUT2D eigenvalue weighted by Gasteiger charge is -2.43. The molecule has 56 heavy (non-hydrogen) atoms. The number of fused-ring (bicyclic) bond motifs is 2. The molecule has 8 rings (SSSR count). The standard InChI is InChI=1S/C48H48N2O4Si2/c1-47(2,3)55(37-19-11-7-12-20-37,38-21-13-8-14-22-38)51-33-41-45-35(27-29-49-41)31-43(53-45)44-32-36-28-30-50-42(46(36)54-44)34-52-56(48(4,5)6,39-23-15-9-16-24-39)40-25-17-10-18-26-40/h7-32H,33-34H2,1-6H3. The van der Waals surface area contributed by atoms with Crippen LogP contribution in [-0.2, 0) is 22.1 Å². The van der Waals surface area contributed by atoms with Gasteiger partial charge in [0.2, 0.25) is 0 Å². The van der Waals surface area contributed by atoms with E-state index in [0.29, 0.717) is 35.9 Å². The molecule has 0 fully saturated rings. The molecule has 4 aromatic heterocycles. The fourth-order valence-electron chi connectivity index (χ4n) is 8.37. The van der Waals surface area contributed by atoms with Gasteiger partial charge in [0, 0.05) is 23.2 Å². The Hall–Kier alpha value is -5.39. The van der Waals surface area contributed by atoms with Crippen molar-refractivity contribution >= 4 is 59.3 Å². The molecule has 0 aliphatic heterocycles. The zero-order valence-electron chi connectivity index (χ0n) is 33.0. The molecule has 0 bridgehead atoms. The van der Waals surface area contributed by atoms with Crippen molar-refractivity contribution in [1.82, 2.24) is 9.97 Å². The largest absolute Gasteiger partial charge is 0.451 e. The van der Waals surface area contributed by atoms with Crippen LogP contribution in [0.1, 0.15) is 52.9 Å². The Morgan fingerprint density at radius 2 is 0.750 bits per heavy atom. The second-order valence-electron chi connectivity index (χ2n) is 16.5. The van der Waals surface area contributed by atoms with Crippen LogP contribution in [0.4, 0.5) is 0 Å². The van der Waals surface area contributed by atoms with E-state index < -0.39 is 16.6 Å². The second-order valence-corrected chi connectivity index (χ2v) is 25.1. The lowest BCUT2D eigenvalue weighted by Crippen LogP contribution is -2.66. The van der Waals surface area contributed by atoms with Crippen LogP contribution >= 0.6 is 0 Å². The molecule has 0 atom stereocenters. The zero-order chi connectivity index (χ0) is 39.0. The minimum absolute atomic E-state index is 0.168. The summed E-state index contributed by atoms with van der Waals surface area (Å²) in [6, 6.07) is 50.6. The van der Waals surface area contributed by atoms with E-state index in [9.17, 15) is 0 Å². The molecule has 0 amide bonds. The Bertz CT molecular complexity index is 2300.